The van der Waals surface area contributed by atoms with Crippen LogP contribution in [0.2, 0.25) is 0 Å². The number of nitrogens with zero attached hydrogens (tertiary/aromatic N) is 4. The minimum Gasteiger partial charge on any atom is -0.486 e. The molecule has 10 heteroatoms. The number of aryl methyl sites for hydroxylation is 2. The zero-order valence-electron chi connectivity index (χ0n) is 17.0. The van der Waals surface area contributed by atoms with Gasteiger partial charge in [0.1, 0.15) is 19.8 Å². The van der Waals surface area contributed by atoms with Crippen LogP contribution < -0.4 is 14.3 Å². The molecule has 0 aliphatic carbocycles. The molecule has 0 spiro atoms. The Balaban J connectivity index is 1.82. The average Bonchev–Trinajstić information content (AvgIpc) is 3.26. The van der Waals surface area contributed by atoms with Gasteiger partial charge in [-0.05, 0) is 26.8 Å². The van der Waals surface area contributed by atoms with Crippen molar-refractivity contribution in [2.75, 3.05) is 19.8 Å². The van der Waals surface area contributed by atoms with Gasteiger partial charge in [0.15, 0.2) is 22.0 Å². The van der Waals surface area contributed by atoms with Gasteiger partial charge in [0.25, 0.3) is 5.91 Å². The SMILES string of the molecule is CCOC(=O)Cn1c(=NC(=O)c2cc(C)n(CC)n2)sc2cc3c(cc21)OCCO3. The number of thiazole rings is 1. The van der Waals surface area contributed by atoms with E-state index >= 15 is 0 Å². The molecular formula is C20H22N4O5S. The number of carbonyl (C=O) groups is 2. The third-order valence-electron chi connectivity index (χ3n) is 4.64. The molecule has 1 aromatic carbocycles. The summed E-state index contributed by atoms with van der Waals surface area (Å²) in [6, 6.07) is 5.35. The van der Waals surface area contributed by atoms with Crippen LogP contribution in [0.25, 0.3) is 10.2 Å². The summed E-state index contributed by atoms with van der Waals surface area (Å²) in [7, 11) is 0. The van der Waals surface area contributed by atoms with Crippen LogP contribution in [-0.2, 0) is 22.6 Å². The zero-order chi connectivity index (χ0) is 21.3. The molecular weight excluding hydrogens is 408 g/mol. The van der Waals surface area contributed by atoms with Crippen LogP contribution in [0.15, 0.2) is 23.2 Å². The standard InChI is InChI=1S/C20H22N4O5S/c1-4-24-12(3)8-13(22-24)19(26)21-20-23(11-18(25)27-5-2)14-9-15-16(10-17(14)30-20)29-7-6-28-15/h8-10H,4-7,11H2,1-3H3. The largest absolute Gasteiger partial charge is 0.486 e. The quantitative estimate of drug-likeness (QED) is 0.576. The number of carbonyl (C=O) groups excluding carboxylic acids is 2. The molecule has 0 bridgehead atoms. The van der Waals surface area contributed by atoms with Crippen molar-refractivity contribution in [1.29, 1.82) is 0 Å². The summed E-state index contributed by atoms with van der Waals surface area (Å²) in [6.07, 6.45) is 0. The molecule has 4 rings (SSSR count). The van der Waals surface area contributed by atoms with E-state index < -0.39 is 11.9 Å². The van der Waals surface area contributed by atoms with E-state index in [-0.39, 0.29) is 18.8 Å². The molecule has 0 unspecified atom stereocenters. The van der Waals surface area contributed by atoms with Gasteiger partial charge in [-0.25, -0.2) is 0 Å². The van der Waals surface area contributed by atoms with Gasteiger partial charge in [0, 0.05) is 24.4 Å². The highest BCUT2D eigenvalue weighted by molar-refractivity contribution is 7.16. The van der Waals surface area contributed by atoms with Crippen LogP contribution in [-0.4, -0.2) is 46.0 Å². The zero-order valence-corrected chi connectivity index (χ0v) is 17.8. The first-order valence-electron chi connectivity index (χ1n) is 9.72. The summed E-state index contributed by atoms with van der Waals surface area (Å²) >= 11 is 1.29. The predicted octanol–water partition coefficient (Wildman–Crippen LogP) is 2.30. The second-order valence-electron chi connectivity index (χ2n) is 6.64. The van der Waals surface area contributed by atoms with Crippen LogP contribution in [0.1, 0.15) is 30.0 Å². The van der Waals surface area contributed by atoms with Gasteiger partial charge in [0.2, 0.25) is 0 Å². The van der Waals surface area contributed by atoms with Crippen LogP contribution in [0, 0.1) is 6.92 Å². The molecule has 1 aliphatic rings. The van der Waals surface area contributed by atoms with Crippen LogP contribution in [0.4, 0.5) is 0 Å². The highest BCUT2D eigenvalue weighted by Crippen LogP contribution is 2.35. The lowest BCUT2D eigenvalue weighted by Gasteiger charge is -2.18. The molecule has 1 aliphatic heterocycles. The molecule has 0 saturated heterocycles. The first-order valence-corrected chi connectivity index (χ1v) is 10.5. The maximum atomic E-state index is 12.8. The number of amides is 1. The fourth-order valence-corrected chi connectivity index (χ4v) is 4.30. The van der Waals surface area contributed by atoms with Gasteiger partial charge in [-0.1, -0.05) is 11.3 Å². The number of aromatic nitrogens is 3. The summed E-state index contributed by atoms with van der Waals surface area (Å²) in [5.41, 5.74) is 1.87. The molecule has 0 fully saturated rings. The fourth-order valence-electron chi connectivity index (χ4n) is 3.26. The van der Waals surface area contributed by atoms with Crippen molar-refractivity contribution < 1.29 is 23.8 Å². The summed E-state index contributed by atoms with van der Waals surface area (Å²) in [5, 5.41) is 4.30. The van der Waals surface area contributed by atoms with E-state index in [0.717, 1.165) is 15.9 Å². The van der Waals surface area contributed by atoms with Crippen molar-refractivity contribution in [2.45, 2.75) is 33.9 Å². The average molecular weight is 430 g/mol. The number of ether oxygens (including phenoxy) is 3. The molecule has 3 aromatic rings. The highest BCUT2D eigenvalue weighted by Gasteiger charge is 2.19. The summed E-state index contributed by atoms with van der Waals surface area (Å²) in [6.45, 7) is 7.38. The Morgan fingerprint density at radius 1 is 1.20 bits per heavy atom. The molecule has 1 amide bonds. The van der Waals surface area contributed by atoms with Crippen molar-refractivity contribution in [3.8, 4) is 11.5 Å². The first-order chi connectivity index (χ1) is 14.5. The van der Waals surface area contributed by atoms with E-state index in [1.807, 2.05) is 19.9 Å². The molecule has 30 heavy (non-hydrogen) atoms. The summed E-state index contributed by atoms with van der Waals surface area (Å²) in [5.74, 6) is 0.353. The smallest absolute Gasteiger partial charge is 0.326 e. The van der Waals surface area contributed by atoms with Gasteiger partial charge >= 0.3 is 5.97 Å². The highest BCUT2D eigenvalue weighted by atomic mass is 32.1. The molecule has 9 nitrogen and oxygen atoms in total. The number of hydrogen-bond donors (Lipinski definition) is 0. The number of esters is 1. The van der Waals surface area contributed by atoms with E-state index in [1.54, 1.807) is 28.3 Å². The van der Waals surface area contributed by atoms with E-state index in [4.69, 9.17) is 14.2 Å². The van der Waals surface area contributed by atoms with Crippen LogP contribution in [0.3, 0.4) is 0 Å². The van der Waals surface area contributed by atoms with E-state index in [9.17, 15) is 9.59 Å². The van der Waals surface area contributed by atoms with Crippen LogP contribution >= 0.6 is 11.3 Å². The monoisotopic (exact) mass is 430 g/mol. The Morgan fingerprint density at radius 3 is 2.60 bits per heavy atom. The normalized spacial score (nSPS) is 13.6. The number of hydrogen-bond acceptors (Lipinski definition) is 7. The summed E-state index contributed by atoms with van der Waals surface area (Å²) < 4.78 is 20.6. The van der Waals surface area contributed by atoms with Crippen molar-refractivity contribution in [3.05, 3.63) is 34.4 Å². The van der Waals surface area contributed by atoms with E-state index in [2.05, 4.69) is 10.1 Å². The Hall–Kier alpha value is -3.14. The molecule has 158 valence electrons. The Kier molecular flexibility index (Phi) is 5.58. The van der Waals surface area contributed by atoms with Crippen molar-refractivity contribution in [3.63, 3.8) is 0 Å². The van der Waals surface area contributed by atoms with Gasteiger partial charge in [-0.3, -0.25) is 14.3 Å². The molecule has 2 aromatic heterocycles. The minimum absolute atomic E-state index is 0.0674. The third kappa shape index (κ3) is 3.82. The molecule has 0 N–H and O–H groups in total. The van der Waals surface area contributed by atoms with Gasteiger partial charge in [-0.2, -0.15) is 10.1 Å². The molecule has 3 heterocycles. The predicted molar refractivity (Wildman–Crippen MR) is 110 cm³/mol. The molecule has 0 atom stereocenters. The molecule has 0 radical (unpaired) electrons. The lowest BCUT2D eigenvalue weighted by atomic mass is 10.2. The first kappa shape index (κ1) is 20.1. The van der Waals surface area contributed by atoms with Crippen LogP contribution in [0.5, 0.6) is 11.5 Å². The molecule has 0 saturated carbocycles. The summed E-state index contributed by atoms with van der Waals surface area (Å²) in [4.78, 5) is 29.6. The fraction of sp³-hybridized carbons (Fsp3) is 0.400. The number of fused-ring (bicyclic) bond motifs is 2. The van der Waals surface area contributed by atoms with Crippen molar-refractivity contribution in [2.24, 2.45) is 4.99 Å². The maximum absolute atomic E-state index is 12.8. The van der Waals surface area contributed by atoms with Gasteiger partial charge in [-0.15, -0.1) is 0 Å². The number of rotatable bonds is 5. The lowest BCUT2D eigenvalue weighted by molar-refractivity contribution is -0.143. The lowest BCUT2D eigenvalue weighted by Crippen LogP contribution is -2.23. The Labute approximate surface area is 176 Å². The Bertz CT molecular complexity index is 1190. The van der Waals surface area contributed by atoms with E-state index in [1.165, 1.54) is 11.3 Å². The second-order valence-corrected chi connectivity index (χ2v) is 7.65. The van der Waals surface area contributed by atoms with Gasteiger partial charge in [0.05, 0.1) is 16.8 Å². The van der Waals surface area contributed by atoms with Crippen molar-refractivity contribution >= 4 is 33.4 Å². The topological polar surface area (TPSA) is 96.9 Å². The third-order valence-corrected chi connectivity index (χ3v) is 5.68. The van der Waals surface area contributed by atoms with Gasteiger partial charge < -0.3 is 18.8 Å². The van der Waals surface area contributed by atoms with Crippen molar-refractivity contribution in [1.82, 2.24) is 14.3 Å². The van der Waals surface area contributed by atoms with E-state index in [0.29, 0.717) is 36.1 Å². The second kappa shape index (κ2) is 8.31. The Morgan fingerprint density at radius 2 is 1.93 bits per heavy atom. The minimum atomic E-state index is -0.466. The number of benzene rings is 1. The maximum Gasteiger partial charge on any atom is 0.326 e.